The summed E-state index contributed by atoms with van der Waals surface area (Å²) in [6, 6.07) is 7.79. The van der Waals surface area contributed by atoms with Gasteiger partial charge < -0.3 is 20.5 Å². The maximum Gasteiger partial charge on any atom is 0.573 e. The van der Waals surface area contributed by atoms with Crippen LogP contribution in [0.3, 0.4) is 0 Å². The van der Waals surface area contributed by atoms with Crippen molar-refractivity contribution in [2.24, 2.45) is 5.41 Å². The van der Waals surface area contributed by atoms with E-state index < -0.39 is 12.1 Å². The van der Waals surface area contributed by atoms with E-state index in [0.717, 1.165) is 6.42 Å². The number of halogens is 3. The van der Waals surface area contributed by atoms with Crippen LogP contribution in [0.1, 0.15) is 49.8 Å². The van der Waals surface area contributed by atoms with Gasteiger partial charge in [-0.3, -0.25) is 0 Å². The molecule has 1 fully saturated rings. The molecule has 180 valence electrons. The molecule has 8 nitrogen and oxygen atoms in total. The summed E-state index contributed by atoms with van der Waals surface area (Å²) in [4.78, 5) is 8.52. The topological polar surface area (TPSA) is 127 Å². The normalized spacial score (nSPS) is 19.5. The molecule has 0 amide bonds. The lowest BCUT2D eigenvalue weighted by Gasteiger charge is -2.40. The third-order valence-corrected chi connectivity index (χ3v) is 5.80. The molecule has 1 aliphatic rings. The van der Waals surface area contributed by atoms with Crippen LogP contribution in [0.4, 0.5) is 24.9 Å². The molecule has 0 aliphatic heterocycles. The third kappa shape index (κ3) is 6.49. The van der Waals surface area contributed by atoms with E-state index in [1.165, 1.54) is 18.3 Å². The molecule has 1 saturated carbocycles. The number of hydrogen-bond donors (Lipinski definition) is 3. The van der Waals surface area contributed by atoms with Gasteiger partial charge in [0.25, 0.3) is 0 Å². The van der Waals surface area contributed by atoms with Crippen molar-refractivity contribution in [3.63, 3.8) is 0 Å². The van der Waals surface area contributed by atoms with Gasteiger partial charge in [0.2, 0.25) is 5.95 Å². The number of aliphatic hydroxyl groups is 1. The minimum absolute atomic E-state index is 0.0407. The zero-order chi connectivity index (χ0) is 24.9. The Morgan fingerprint density at radius 3 is 2.59 bits per heavy atom. The van der Waals surface area contributed by atoms with Crippen LogP contribution in [0.25, 0.3) is 0 Å². The molecule has 3 rings (SSSR count). The molecule has 3 N–H and O–H groups in total. The molecule has 1 aromatic carbocycles. The number of rotatable bonds is 7. The first-order valence-corrected chi connectivity index (χ1v) is 10.7. The van der Waals surface area contributed by atoms with E-state index in [9.17, 15) is 23.5 Å². The van der Waals surface area contributed by atoms with Crippen LogP contribution in [0.15, 0.2) is 24.4 Å². The zero-order valence-corrected chi connectivity index (χ0v) is 18.8. The average Bonchev–Trinajstić information content (AvgIpc) is 2.75. The Hall–Kier alpha value is -3.57. The Morgan fingerprint density at radius 1 is 1.21 bits per heavy atom. The fourth-order valence-corrected chi connectivity index (χ4v) is 3.94. The largest absolute Gasteiger partial charge is 0.573 e. The van der Waals surface area contributed by atoms with Crippen LogP contribution < -0.4 is 15.4 Å². The average molecular weight is 474 g/mol. The van der Waals surface area contributed by atoms with Crippen LogP contribution in [-0.4, -0.2) is 40.1 Å². The first-order valence-electron chi connectivity index (χ1n) is 10.7. The number of ether oxygens (including phenoxy) is 1. The number of aliphatic hydroxyl groups excluding tert-OH is 1. The van der Waals surface area contributed by atoms with Crippen molar-refractivity contribution in [2.75, 3.05) is 17.2 Å². The van der Waals surface area contributed by atoms with E-state index in [1.807, 2.05) is 13.8 Å². The monoisotopic (exact) mass is 474 g/mol. The van der Waals surface area contributed by atoms with Gasteiger partial charge in [-0.1, -0.05) is 19.9 Å². The molecule has 0 spiro atoms. The Morgan fingerprint density at radius 2 is 1.94 bits per heavy atom. The predicted molar refractivity (Wildman–Crippen MR) is 118 cm³/mol. The maximum atomic E-state index is 12.6. The summed E-state index contributed by atoms with van der Waals surface area (Å²) in [5, 5.41) is 34.9. The van der Waals surface area contributed by atoms with Crippen molar-refractivity contribution in [2.45, 2.75) is 58.0 Å². The van der Waals surface area contributed by atoms with Gasteiger partial charge in [0.1, 0.15) is 29.3 Å². The standard InChI is InChI=1S/C23H25F3N6O2/c1-22(2)10-17(5-6-19(22)33)31-20-16(12-28)13-30-21(32-20)29-8-7-14-3-4-15(11-27)18(9-14)34-23(24,25)26/h3-4,9,13,17,19,33H,5-8,10H2,1-2H3,(H2,29,30,31,32)/t17-,19+/m1/s1. The van der Waals surface area contributed by atoms with Gasteiger partial charge in [-0.05, 0) is 48.8 Å². The second-order valence-corrected chi connectivity index (χ2v) is 8.86. The van der Waals surface area contributed by atoms with Crippen LogP contribution in [0.2, 0.25) is 0 Å². The molecule has 34 heavy (non-hydrogen) atoms. The molecule has 0 radical (unpaired) electrons. The molecule has 0 unspecified atom stereocenters. The molecule has 1 aromatic heterocycles. The van der Waals surface area contributed by atoms with E-state index in [2.05, 4.69) is 31.4 Å². The minimum Gasteiger partial charge on any atom is -0.404 e. The number of aromatic nitrogens is 2. The molecule has 0 saturated heterocycles. The highest BCUT2D eigenvalue weighted by molar-refractivity contribution is 5.54. The number of benzene rings is 1. The summed E-state index contributed by atoms with van der Waals surface area (Å²) in [7, 11) is 0. The van der Waals surface area contributed by atoms with Crippen molar-refractivity contribution < 1.29 is 23.0 Å². The van der Waals surface area contributed by atoms with E-state index in [0.29, 0.717) is 37.2 Å². The van der Waals surface area contributed by atoms with Gasteiger partial charge in [-0.25, -0.2) is 4.98 Å². The maximum absolute atomic E-state index is 12.6. The molecule has 2 aromatic rings. The number of alkyl halides is 3. The molecule has 1 aliphatic carbocycles. The second-order valence-electron chi connectivity index (χ2n) is 8.86. The van der Waals surface area contributed by atoms with Crippen molar-refractivity contribution in [3.8, 4) is 17.9 Å². The minimum atomic E-state index is -4.90. The van der Waals surface area contributed by atoms with Crippen molar-refractivity contribution in [1.29, 1.82) is 10.5 Å². The lowest BCUT2D eigenvalue weighted by Crippen LogP contribution is -2.41. The van der Waals surface area contributed by atoms with Crippen LogP contribution >= 0.6 is 0 Å². The fraction of sp³-hybridized carbons (Fsp3) is 0.478. The lowest BCUT2D eigenvalue weighted by molar-refractivity contribution is -0.274. The molecular formula is C23H25F3N6O2. The Labute approximate surface area is 195 Å². The second kappa shape index (κ2) is 10.1. The van der Waals surface area contributed by atoms with Gasteiger partial charge in [-0.2, -0.15) is 15.5 Å². The molecular weight excluding hydrogens is 449 g/mol. The van der Waals surface area contributed by atoms with E-state index in [-0.39, 0.29) is 34.6 Å². The van der Waals surface area contributed by atoms with Crippen molar-refractivity contribution >= 4 is 11.8 Å². The molecule has 2 atom stereocenters. The summed E-state index contributed by atoms with van der Waals surface area (Å²) in [6.07, 6.45) is -1.46. The molecule has 1 heterocycles. The first-order chi connectivity index (χ1) is 16.0. The zero-order valence-electron chi connectivity index (χ0n) is 18.8. The highest BCUT2D eigenvalue weighted by atomic mass is 19.4. The number of nitrogens with one attached hydrogen (secondary N) is 2. The van der Waals surface area contributed by atoms with Gasteiger partial charge in [-0.15, -0.1) is 13.2 Å². The van der Waals surface area contributed by atoms with Gasteiger partial charge in [0.05, 0.1) is 17.9 Å². The predicted octanol–water partition coefficient (Wildman–Crippen LogP) is 4.12. The van der Waals surface area contributed by atoms with Crippen LogP contribution in [0, 0.1) is 28.1 Å². The summed E-state index contributed by atoms with van der Waals surface area (Å²) in [5.41, 5.74) is 0.349. The van der Waals surface area contributed by atoms with Gasteiger partial charge in [0, 0.05) is 12.6 Å². The molecule has 0 bridgehead atoms. The highest BCUT2D eigenvalue weighted by Gasteiger charge is 2.36. The van der Waals surface area contributed by atoms with Gasteiger partial charge >= 0.3 is 6.36 Å². The van der Waals surface area contributed by atoms with Crippen LogP contribution in [-0.2, 0) is 6.42 Å². The Bertz CT molecular complexity index is 1110. The van der Waals surface area contributed by atoms with Crippen molar-refractivity contribution in [3.05, 3.63) is 41.1 Å². The Kier molecular flexibility index (Phi) is 7.48. The van der Waals surface area contributed by atoms with Crippen molar-refractivity contribution in [1.82, 2.24) is 9.97 Å². The third-order valence-electron chi connectivity index (χ3n) is 5.80. The SMILES string of the molecule is CC1(C)C[C@H](Nc2nc(NCCc3ccc(C#N)c(OC(F)(F)F)c3)ncc2C#N)CC[C@@H]1O. The fourth-order valence-electron chi connectivity index (χ4n) is 3.94. The number of nitriles is 2. The molecule has 11 heteroatoms. The smallest absolute Gasteiger partial charge is 0.404 e. The summed E-state index contributed by atoms with van der Waals surface area (Å²) >= 11 is 0. The summed E-state index contributed by atoms with van der Waals surface area (Å²) in [6.45, 7) is 4.29. The van der Waals surface area contributed by atoms with E-state index >= 15 is 0 Å². The summed E-state index contributed by atoms with van der Waals surface area (Å²) < 4.78 is 41.7. The number of anilines is 2. The Balaban J connectivity index is 1.65. The van der Waals surface area contributed by atoms with Gasteiger partial charge in [0.15, 0.2) is 0 Å². The van der Waals surface area contributed by atoms with E-state index in [1.54, 1.807) is 12.1 Å². The quantitative estimate of drug-likeness (QED) is 0.547. The van der Waals surface area contributed by atoms with Crippen LogP contribution in [0.5, 0.6) is 5.75 Å². The van der Waals surface area contributed by atoms with E-state index in [4.69, 9.17) is 5.26 Å². The lowest BCUT2D eigenvalue weighted by atomic mass is 9.73. The number of nitrogens with zero attached hydrogens (tertiary/aromatic N) is 4. The first kappa shape index (κ1) is 25.1. The number of hydrogen-bond acceptors (Lipinski definition) is 8. The summed E-state index contributed by atoms with van der Waals surface area (Å²) in [5.74, 6) is 0.0996. The highest BCUT2D eigenvalue weighted by Crippen LogP contribution is 2.37.